The van der Waals surface area contributed by atoms with E-state index in [4.69, 9.17) is 15.9 Å². The van der Waals surface area contributed by atoms with Crippen LogP contribution < -0.4 is 5.73 Å². The molecule has 0 radical (unpaired) electrons. The molecule has 5 nitrogen and oxygen atoms in total. The second-order valence-corrected chi connectivity index (χ2v) is 2.17. The van der Waals surface area contributed by atoms with Crippen molar-refractivity contribution in [1.29, 1.82) is 0 Å². The highest BCUT2D eigenvalue weighted by Gasteiger charge is 1.99. The molecule has 0 saturated heterocycles. The Hall–Kier alpha value is -0.360. The number of aliphatic hydroxyl groups excluding tert-OH is 2. The third-order valence-corrected chi connectivity index (χ3v) is 0.988. The largest absolute Gasteiger partial charge is 0.393 e. The second-order valence-electron chi connectivity index (χ2n) is 2.17. The molecule has 0 bridgehead atoms. The van der Waals surface area contributed by atoms with Gasteiger partial charge in [0.1, 0.15) is 12.7 Å². The first-order valence-corrected chi connectivity index (χ1v) is 3.35. The van der Waals surface area contributed by atoms with E-state index in [1.54, 1.807) is 6.92 Å². The van der Waals surface area contributed by atoms with Crippen molar-refractivity contribution >= 4 is 18.1 Å². The van der Waals surface area contributed by atoms with E-state index in [0.29, 0.717) is 5.71 Å². The topological polar surface area (TPSA) is 88.1 Å². The fourth-order valence-corrected chi connectivity index (χ4v) is 0.330. The van der Waals surface area contributed by atoms with E-state index in [1.165, 1.54) is 0 Å². The minimum atomic E-state index is -0.690. The maximum atomic E-state index is 8.86. The van der Waals surface area contributed by atoms with Crippen LogP contribution in [0.3, 0.4) is 0 Å². The molecule has 0 aliphatic carbocycles. The van der Waals surface area contributed by atoms with E-state index in [0.717, 1.165) is 0 Å². The average Bonchev–Trinajstić information content (AvgIpc) is 2.04. The molecule has 0 saturated carbocycles. The SMILES string of the molecule is CC(CO)=NOCC(O)CN.Cl. The van der Waals surface area contributed by atoms with Crippen molar-refractivity contribution in [2.45, 2.75) is 13.0 Å². The Morgan fingerprint density at radius 3 is 2.67 bits per heavy atom. The Labute approximate surface area is 77.6 Å². The van der Waals surface area contributed by atoms with Gasteiger partial charge in [0, 0.05) is 6.54 Å². The molecule has 12 heavy (non-hydrogen) atoms. The Morgan fingerprint density at radius 2 is 2.25 bits per heavy atom. The molecule has 0 fully saturated rings. The van der Waals surface area contributed by atoms with Crippen LogP contribution in [0, 0.1) is 0 Å². The van der Waals surface area contributed by atoms with Crippen molar-refractivity contribution in [2.24, 2.45) is 10.9 Å². The van der Waals surface area contributed by atoms with E-state index < -0.39 is 6.10 Å². The van der Waals surface area contributed by atoms with Gasteiger partial charge in [0.25, 0.3) is 0 Å². The monoisotopic (exact) mass is 198 g/mol. The molecular formula is C6H15ClN2O3. The zero-order chi connectivity index (χ0) is 8.69. The van der Waals surface area contributed by atoms with Gasteiger partial charge in [-0.25, -0.2) is 0 Å². The molecule has 4 N–H and O–H groups in total. The summed E-state index contributed by atoms with van der Waals surface area (Å²) in [5.41, 5.74) is 5.56. The van der Waals surface area contributed by atoms with E-state index in [-0.39, 0.29) is 32.2 Å². The van der Waals surface area contributed by atoms with Crippen LogP contribution in [-0.2, 0) is 4.84 Å². The van der Waals surface area contributed by atoms with Crippen molar-refractivity contribution in [1.82, 2.24) is 0 Å². The number of nitrogens with zero attached hydrogens (tertiary/aromatic N) is 1. The zero-order valence-electron chi connectivity index (χ0n) is 6.93. The van der Waals surface area contributed by atoms with Gasteiger partial charge in [0.15, 0.2) is 0 Å². The highest BCUT2D eigenvalue weighted by molar-refractivity contribution is 5.85. The molecule has 0 amide bonds. The van der Waals surface area contributed by atoms with Gasteiger partial charge in [-0.05, 0) is 6.92 Å². The van der Waals surface area contributed by atoms with Crippen LogP contribution in [0.5, 0.6) is 0 Å². The summed E-state index contributed by atoms with van der Waals surface area (Å²) in [4.78, 5) is 4.64. The van der Waals surface area contributed by atoms with Gasteiger partial charge >= 0.3 is 0 Å². The van der Waals surface area contributed by atoms with Crippen molar-refractivity contribution in [2.75, 3.05) is 19.8 Å². The van der Waals surface area contributed by atoms with Gasteiger partial charge < -0.3 is 20.8 Å². The van der Waals surface area contributed by atoms with Crippen molar-refractivity contribution in [3.05, 3.63) is 0 Å². The number of oxime groups is 1. The molecule has 6 heteroatoms. The van der Waals surface area contributed by atoms with E-state index in [1.807, 2.05) is 0 Å². The summed E-state index contributed by atoms with van der Waals surface area (Å²) in [6, 6.07) is 0. The number of halogens is 1. The van der Waals surface area contributed by atoms with Crippen molar-refractivity contribution < 1.29 is 15.1 Å². The Morgan fingerprint density at radius 1 is 1.67 bits per heavy atom. The first kappa shape index (κ1) is 14.2. The lowest BCUT2D eigenvalue weighted by atomic mass is 10.4. The van der Waals surface area contributed by atoms with Gasteiger partial charge in [-0.3, -0.25) is 0 Å². The minimum absolute atomic E-state index is 0. The fourth-order valence-electron chi connectivity index (χ4n) is 0.330. The molecule has 0 aromatic heterocycles. The van der Waals surface area contributed by atoms with Gasteiger partial charge in [-0.15, -0.1) is 12.4 Å². The molecule has 0 rings (SSSR count). The maximum absolute atomic E-state index is 8.86. The van der Waals surface area contributed by atoms with E-state index in [9.17, 15) is 0 Å². The van der Waals surface area contributed by atoms with Gasteiger partial charge in [0.2, 0.25) is 0 Å². The molecule has 0 aliphatic rings. The fraction of sp³-hybridized carbons (Fsp3) is 0.833. The average molecular weight is 199 g/mol. The second kappa shape index (κ2) is 8.73. The van der Waals surface area contributed by atoms with Crippen LogP contribution in [0.4, 0.5) is 0 Å². The third-order valence-electron chi connectivity index (χ3n) is 0.988. The number of nitrogens with two attached hydrogens (primary N) is 1. The predicted molar refractivity (Wildman–Crippen MR) is 48.5 cm³/mol. The van der Waals surface area contributed by atoms with E-state index in [2.05, 4.69) is 9.99 Å². The summed E-state index contributed by atoms with van der Waals surface area (Å²) in [6.45, 7) is 1.69. The Bertz CT molecular complexity index is 132. The van der Waals surface area contributed by atoms with Crippen LogP contribution in [0.1, 0.15) is 6.92 Å². The Balaban J connectivity index is 0. The standard InChI is InChI=1S/C6H14N2O3.ClH/c1-5(3-9)8-11-4-6(10)2-7;/h6,9-10H,2-4,7H2,1H3;1H. The quantitative estimate of drug-likeness (QED) is 0.395. The summed E-state index contributed by atoms with van der Waals surface area (Å²) >= 11 is 0. The molecule has 1 unspecified atom stereocenters. The summed E-state index contributed by atoms with van der Waals surface area (Å²) < 4.78 is 0. The Kier molecular flexibility index (Phi) is 10.3. The minimum Gasteiger partial charge on any atom is -0.393 e. The first-order chi connectivity index (χ1) is 5.20. The normalized spacial score (nSPS) is 13.5. The lowest BCUT2D eigenvalue weighted by molar-refractivity contribution is 0.0440. The molecule has 0 aliphatic heterocycles. The molecule has 0 spiro atoms. The summed E-state index contributed by atoms with van der Waals surface area (Å²) in [5, 5.41) is 20.8. The molecular weight excluding hydrogens is 184 g/mol. The maximum Gasteiger partial charge on any atom is 0.144 e. The summed E-state index contributed by atoms with van der Waals surface area (Å²) in [6.07, 6.45) is -0.690. The highest BCUT2D eigenvalue weighted by Crippen LogP contribution is 1.84. The lowest BCUT2D eigenvalue weighted by Gasteiger charge is -2.04. The molecule has 0 aromatic carbocycles. The predicted octanol–water partition coefficient (Wildman–Crippen LogP) is -0.887. The highest BCUT2D eigenvalue weighted by atomic mass is 35.5. The summed E-state index contributed by atoms with van der Waals surface area (Å²) in [7, 11) is 0. The number of aliphatic hydroxyl groups is 2. The van der Waals surface area contributed by atoms with Gasteiger partial charge in [-0.1, -0.05) is 5.16 Å². The van der Waals surface area contributed by atoms with Crippen LogP contribution >= 0.6 is 12.4 Å². The number of rotatable bonds is 5. The van der Waals surface area contributed by atoms with Gasteiger partial charge in [0.05, 0.1) is 12.3 Å². The molecule has 0 aromatic rings. The van der Waals surface area contributed by atoms with Crippen LogP contribution in [0.25, 0.3) is 0 Å². The molecule has 74 valence electrons. The van der Waals surface area contributed by atoms with Gasteiger partial charge in [-0.2, -0.15) is 0 Å². The van der Waals surface area contributed by atoms with Crippen molar-refractivity contribution in [3.8, 4) is 0 Å². The smallest absolute Gasteiger partial charge is 0.144 e. The number of hydrogen-bond donors (Lipinski definition) is 3. The molecule has 1 atom stereocenters. The van der Waals surface area contributed by atoms with Crippen LogP contribution in [-0.4, -0.2) is 41.8 Å². The van der Waals surface area contributed by atoms with Crippen LogP contribution in [0.2, 0.25) is 0 Å². The molecule has 0 heterocycles. The van der Waals surface area contributed by atoms with Crippen molar-refractivity contribution in [3.63, 3.8) is 0 Å². The van der Waals surface area contributed by atoms with Crippen LogP contribution in [0.15, 0.2) is 5.16 Å². The zero-order valence-corrected chi connectivity index (χ0v) is 7.75. The van der Waals surface area contributed by atoms with E-state index >= 15 is 0 Å². The third kappa shape index (κ3) is 7.74. The number of hydrogen-bond acceptors (Lipinski definition) is 5. The summed E-state index contributed by atoms with van der Waals surface area (Å²) in [5.74, 6) is 0. The lowest BCUT2D eigenvalue weighted by Crippen LogP contribution is -2.24. The first-order valence-electron chi connectivity index (χ1n) is 3.35.